The predicted molar refractivity (Wildman–Crippen MR) is 76.5 cm³/mol. The number of methoxy groups -OCH3 is 1. The summed E-state index contributed by atoms with van der Waals surface area (Å²) < 4.78 is 5.80. The minimum absolute atomic E-state index is 0.271. The molecule has 0 N–H and O–H groups in total. The van der Waals surface area contributed by atoms with Crippen LogP contribution in [0.1, 0.15) is 5.56 Å². The van der Waals surface area contributed by atoms with Gasteiger partial charge in [-0.05, 0) is 40.5 Å². The van der Waals surface area contributed by atoms with E-state index >= 15 is 0 Å². The second kappa shape index (κ2) is 5.43. The fourth-order valence-electron chi connectivity index (χ4n) is 1.50. The molecule has 0 spiro atoms. The van der Waals surface area contributed by atoms with Crippen LogP contribution in [0.5, 0.6) is 5.75 Å². The number of hydrogen-bond acceptors (Lipinski definition) is 3. The van der Waals surface area contributed by atoms with Crippen molar-refractivity contribution < 1.29 is 4.74 Å². The van der Waals surface area contributed by atoms with Gasteiger partial charge >= 0.3 is 0 Å². The number of benzene rings is 1. The molecular weight excluding hydrogens is 339 g/mol. The van der Waals surface area contributed by atoms with Crippen molar-refractivity contribution >= 4 is 39.1 Å². The van der Waals surface area contributed by atoms with Crippen molar-refractivity contribution in [1.29, 1.82) is 0 Å². The SMILES string of the molecule is COc1cc(C)ccc1-c1nc(Cl)c(Br)c(Cl)n1. The van der Waals surface area contributed by atoms with E-state index in [0.717, 1.165) is 11.1 Å². The Bertz CT molecular complexity index is 582. The summed E-state index contributed by atoms with van der Waals surface area (Å²) in [6, 6.07) is 5.73. The maximum absolute atomic E-state index is 5.97. The number of nitrogens with zero attached hydrogens (tertiary/aromatic N) is 2. The lowest BCUT2D eigenvalue weighted by Gasteiger charge is -2.09. The van der Waals surface area contributed by atoms with Crippen molar-refractivity contribution in [2.75, 3.05) is 7.11 Å². The van der Waals surface area contributed by atoms with E-state index in [2.05, 4.69) is 25.9 Å². The van der Waals surface area contributed by atoms with Gasteiger partial charge in [0.05, 0.1) is 17.1 Å². The first-order chi connectivity index (χ1) is 8.52. The molecule has 0 bridgehead atoms. The Kier molecular flexibility index (Phi) is 4.10. The Morgan fingerprint density at radius 3 is 2.33 bits per heavy atom. The van der Waals surface area contributed by atoms with Crippen molar-refractivity contribution in [3.8, 4) is 17.1 Å². The molecule has 1 aromatic heterocycles. The third-order valence-electron chi connectivity index (χ3n) is 2.37. The number of hydrogen-bond donors (Lipinski definition) is 0. The molecule has 18 heavy (non-hydrogen) atoms. The monoisotopic (exact) mass is 346 g/mol. The zero-order valence-corrected chi connectivity index (χ0v) is 12.8. The summed E-state index contributed by atoms with van der Waals surface area (Å²) in [7, 11) is 1.60. The number of aryl methyl sites for hydroxylation is 1. The lowest BCUT2D eigenvalue weighted by Crippen LogP contribution is -1.95. The molecule has 0 radical (unpaired) electrons. The van der Waals surface area contributed by atoms with Gasteiger partial charge < -0.3 is 4.74 Å². The highest BCUT2D eigenvalue weighted by atomic mass is 79.9. The van der Waals surface area contributed by atoms with Crippen LogP contribution in [0.25, 0.3) is 11.4 Å². The molecule has 0 unspecified atom stereocenters. The molecule has 0 aliphatic heterocycles. The van der Waals surface area contributed by atoms with Crippen molar-refractivity contribution in [1.82, 2.24) is 9.97 Å². The topological polar surface area (TPSA) is 35.0 Å². The summed E-state index contributed by atoms with van der Waals surface area (Å²) in [5.74, 6) is 1.12. The fourth-order valence-corrected chi connectivity index (χ4v) is 2.06. The van der Waals surface area contributed by atoms with Crippen LogP contribution in [-0.2, 0) is 0 Å². The minimum atomic E-state index is 0.271. The fraction of sp³-hybridized carbons (Fsp3) is 0.167. The van der Waals surface area contributed by atoms with E-state index in [0.29, 0.717) is 16.0 Å². The second-order valence-electron chi connectivity index (χ2n) is 3.65. The average molecular weight is 348 g/mol. The van der Waals surface area contributed by atoms with E-state index in [1.165, 1.54) is 0 Å². The number of halogens is 3. The van der Waals surface area contributed by atoms with Gasteiger partial charge in [-0.15, -0.1) is 0 Å². The maximum Gasteiger partial charge on any atom is 0.166 e. The minimum Gasteiger partial charge on any atom is -0.496 e. The molecule has 1 aromatic carbocycles. The first kappa shape index (κ1) is 13.6. The van der Waals surface area contributed by atoms with Gasteiger partial charge in [0, 0.05) is 0 Å². The summed E-state index contributed by atoms with van der Waals surface area (Å²) in [4.78, 5) is 8.37. The van der Waals surface area contributed by atoms with Crippen LogP contribution in [0.4, 0.5) is 0 Å². The zero-order chi connectivity index (χ0) is 13.3. The van der Waals surface area contributed by atoms with Crippen molar-refractivity contribution in [2.24, 2.45) is 0 Å². The van der Waals surface area contributed by atoms with Crippen LogP contribution in [0.2, 0.25) is 10.3 Å². The van der Waals surface area contributed by atoms with Gasteiger partial charge in [0.1, 0.15) is 16.1 Å². The maximum atomic E-state index is 5.97. The molecule has 2 rings (SSSR count). The molecule has 94 valence electrons. The first-order valence-electron chi connectivity index (χ1n) is 5.06. The lowest BCUT2D eigenvalue weighted by molar-refractivity contribution is 0.416. The Labute approximate surface area is 123 Å². The van der Waals surface area contributed by atoms with E-state index in [-0.39, 0.29) is 10.3 Å². The Morgan fingerprint density at radius 2 is 1.78 bits per heavy atom. The molecule has 0 saturated heterocycles. The van der Waals surface area contributed by atoms with Gasteiger partial charge in [-0.3, -0.25) is 0 Å². The molecule has 0 fully saturated rings. The highest BCUT2D eigenvalue weighted by Gasteiger charge is 2.14. The first-order valence-corrected chi connectivity index (χ1v) is 6.61. The van der Waals surface area contributed by atoms with Crippen LogP contribution < -0.4 is 4.74 Å². The number of aromatic nitrogens is 2. The van der Waals surface area contributed by atoms with Crippen LogP contribution in [0, 0.1) is 6.92 Å². The standard InChI is InChI=1S/C12H9BrCl2N2O/c1-6-3-4-7(8(5-6)18-2)12-16-10(14)9(13)11(15)17-12/h3-5H,1-2H3. The van der Waals surface area contributed by atoms with E-state index < -0.39 is 0 Å². The highest BCUT2D eigenvalue weighted by molar-refractivity contribution is 9.10. The summed E-state index contributed by atoms with van der Waals surface area (Å²) in [6.45, 7) is 1.98. The summed E-state index contributed by atoms with van der Waals surface area (Å²) in [5, 5.41) is 0.542. The Morgan fingerprint density at radius 1 is 1.17 bits per heavy atom. The van der Waals surface area contributed by atoms with Crippen LogP contribution in [-0.4, -0.2) is 17.1 Å². The summed E-state index contributed by atoms with van der Waals surface area (Å²) in [5.41, 5.74) is 1.84. The lowest BCUT2D eigenvalue weighted by atomic mass is 10.1. The highest BCUT2D eigenvalue weighted by Crippen LogP contribution is 2.33. The molecule has 0 aliphatic carbocycles. The van der Waals surface area contributed by atoms with Crippen LogP contribution >= 0.6 is 39.1 Å². The van der Waals surface area contributed by atoms with Crippen LogP contribution in [0.3, 0.4) is 0 Å². The summed E-state index contributed by atoms with van der Waals surface area (Å²) in [6.07, 6.45) is 0. The van der Waals surface area contributed by atoms with Gasteiger partial charge in [-0.1, -0.05) is 29.3 Å². The van der Waals surface area contributed by atoms with E-state index in [4.69, 9.17) is 27.9 Å². The second-order valence-corrected chi connectivity index (χ2v) is 5.16. The molecule has 6 heteroatoms. The summed E-state index contributed by atoms with van der Waals surface area (Å²) >= 11 is 15.2. The van der Waals surface area contributed by atoms with Crippen LogP contribution in [0.15, 0.2) is 22.7 Å². The Balaban J connectivity index is 2.62. The molecule has 0 aliphatic rings. The quantitative estimate of drug-likeness (QED) is 0.748. The van der Waals surface area contributed by atoms with Gasteiger partial charge in [0.15, 0.2) is 5.82 Å². The normalized spacial score (nSPS) is 10.5. The number of ether oxygens (including phenoxy) is 1. The largest absolute Gasteiger partial charge is 0.496 e. The smallest absolute Gasteiger partial charge is 0.166 e. The van der Waals surface area contributed by atoms with E-state index in [9.17, 15) is 0 Å². The molecule has 3 nitrogen and oxygen atoms in total. The predicted octanol–water partition coefficient (Wildman–Crippen LogP) is 4.53. The van der Waals surface area contributed by atoms with E-state index in [1.807, 2.05) is 25.1 Å². The van der Waals surface area contributed by atoms with Gasteiger partial charge in [0.25, 0.3) is 0 Å². The molecular formula is C12H9BrCl2N2O. The van der Waals surface area contributed by atoms with E-state index in [1.54, 1.807) is 7.11 Å². The molecule has 0 atom stereocenters. The zero-order valence-electron chi connectivity index (χ0n) is 9.67. The third kappa shape index (κ3) is 2.60. The molecule has 2 aromatic rings. The van der Waals surface area contributed by atoms with Crippen molar-refractivity contribution in [2.45, 2.75) is 6.92 Å². The molecule has 1 heterocycles. The number of rotatable bonds is 2. The van der Waals surface area contributed by atoms with Crippen molar-refractivity contribution in [3.05, 3.63) is 38.5 Å². The molecule has 0 amide bonds. The Hall–Kier alpha value is -0.840. The van der Waals surface area contributed by atoms with Gasteiger partial charge in [0.2, 0.25) is 0 Å². The van der Waals surface area contributed by atoms with Crippen molar-refractivity contribution in [3.63, 3.8) is 0 Å². The average Bonchev–Trinajstić information content (AvgIpc) is 2.35. The third-order valence-corrected chi connectivity index (χ3v) is 4.12. The molecule has 0 saturated carbocycles. The van der Waals surface area contributed by atoms with Gasteiger partial charge in [-0.25, -0.2) is 9.97 Å². The van der Waals surface area contributed by atoms with Gasteiger partial charge in [-0.2, -0.15) is 0 Å².